The van der Waals surface area contributed by atoms with Crippen molar-refractivity contribution in [2.75, 3.05) is 18.4 Å². The maximum absolute atomic E-state index is 13.8. The minimum Gasteiger partial charge on any atom is -0.364 e. The summed E-state index contributed by atoms with van der Waals surface area (Å²) in [6.07, 6.45) is 0. The number of amidine groups is 1. The SMILES string of the molecule is [2H]c1c([2H])c(N=C(NO)c2nonc2NC([2H])C([2H])NS(N)(=O)=O)c([2H])c(Br)c1F. The Labute approximate surface area is 156 Å². The number of nitrogens with one attached hydrogen (secondary N) is 3. The van der Waals surface area contributed by atoms with Gasteiger partial charge in [-0.15, -0.1) is 0 Å². The number of aromatic nitrogens is 2. The van der Waals surface area contributed by atoms with Gasteiger partial charge in [0, 0.05) is 14.4 Å². The largest absolute Gasteiger partial charge is 0.364 e. The lowest BCUT2D eigenvalue weighted by Gasteiger charge is -2.06. The summed E-state index contributed by atoms with van der Waals surface area (Å²) < 4.78 is 79.9. The van der Waals surface area contributed by atoms with E-state index >= 15 is 0 Å². The molecule has 0 saturated heterocycles. The first-order valence-corrected chi connectivity index (χ1v) is 8.38. The summed E-state index contributed by atoms with van der Waals surface area (Å²) in [7, 11) is -4.27. The van der Waals surface area contributed by atoms with Gasteiger partial charge in [-0.05, 0) is 44.4 Å². The van der Waals surface area contributed by atoms with E-state index in [1.807, 2.05) is 0 Å². The molecule has 0 fully saturated rings. The maximum atomic E-state index is 13.8. The molecule has 1 aromatic carbocycles. The molecule has 136 valence electrons. The Kier molecular flexibility index (Phi) is 4.36. The van der Waals surface area contributed by atoms with E-state index < -0.39 is 68.9 Å². The van der Waals surface area contributed by atoms with Crippen molar-refractivity contribution < 1.29 is 29.5 Å². The minimum absolute atomic E-state index is 0.380. The topological polar surface area (TPSA) is 168 Å². The van der Waals surface area contributed by atoms with Crippen LogP contribution in [0.3, 0.4) is 0 Å². The van der Waals surface area contributed by atoms with Gasteiger partial charge in [0.05, 0.1) is 15.6 Å². The fourth-order valence-electron chi connectivity index (χ4n) is 1.35. The van der Waals surface area contributed by atoms with E-state index in [9.17, 15) is 18.0 Å². The molecule has 0 spiro atoms. The number of rotatable bonds is 7. The molecule has 0 saturated carbocycles. The molecule has 2 aromatic rings. The number of hydrogen-bond donors (Lipinski definition) is 5. The second kappa shape index (κ2) is 8.30. The minimum atomic E-state index is -4.27. The number of halogens is 2. The number of anilines is 1. The lowest BCUT2D eigenvalue weighted by molar-refractivity contribution is 0.234. The highest BCUT2D eigenvalue weighted by Crippen LogP contribution is 2.23. The number of benzene rings is 1. The van der Waals surface area contributed by atoms with E-state index in [2.05, 4.69) is 41.2 Å². The number of hydrogen-bond acceptors (Lipinski definition) is 8. The third-order valence-electron chi connectivity index (χ3n) is 2.29. The van der Waals surface area contributed by atoms with Crippen molar-refractivity contribution in [3.8, 4) is 0 Å². The van der Waals surface area contributed by atoms with Gasteiger partial charge in [-0.1, -0.05) is 0 Å². The van der Waals surface area contributed by atoms with E-state index in [0.717, 1.165) is 0 Å². The molecule has 0 aliphatic heterocycles. The van der Waals surface area contributed by atoms with Gasteiger partial charge in [0.1, 0.15) is 5.82 Å². The fourth-order valence-corrected chi connectivity index (χ4v) is 1.89. The van der Waals surface area contributed by atoms with E-state index in [1.165, 1.54) is 0 Å². The number of aliphatic imine (C=N–C) groups is 1. The molecular weight excluding hydrogens is 425 g/mol. The van der Waals surface area contributed by atoms with Crippen LogP contribution in [0.1, 0.15) is 12.5 Å². The third kappa shape index (κ3) is 5.71. The van der Waals surface area contributed by atoms with Crippen LogP contribution in [0, 0.1) is 5.82 Å². The van der Waals surface area contributed by atoms with Crippen molar-refractivity contribution in [2.24, 2.45) is 10.1 Å². The van der Waals surface area contributed by atoms with Gasteiger partial charge in [-0.25, -0.2) is 23.9 Å². The lowest BCUT2D eigenvalue weighted by Crippen LogP contribution is -2.34. The molecule has 2 atom stereocenters. The van der Waals surface area contributed by atoms with Gasteiger partial charge in [0.25, 0.3) is 10.2 Å². The molecule has 2 rings (SSSR count). The zero-order valence-corrected chi connectivity index (χ0v) is 14.3. The van der Waals surface area contributed by atoms with Crippen molar-refractivity contribution >= 4 is 43.5 Å². The van der Waals surface area contributed by atoms with Crippen LogP contribution in [0.15, 0.2) is 32.2 Å². The maximum Gasteiger partial charge on any atom is 0.274 e. The zero-order valence-electron chi connectivity index (χ0n) is 16.9. The molecule has 0 aliphatic carbocycles. The molecule has 0 aliphatic rings. The smallest absolute Gasteiger partial charge is 0.274 e. The Morgan fingerprint density at radius 3 is 2.96 bits per heavy atom. The third-order valence-corrected chi connectivity index (χ3v) is 3.30. The second-order valence-corrected chi connectivity index (χ2v) is 6.14. The predicted octanol–water partition coefficient (Wildman–Crippen LogP) is 0.233. The number of nitrogens with two attached hydrogens (primary N) is 1. The summed E-state index contributed by atoms with van der Waals surface area (Å²) in [5.74, 6) is -2.10. The monoisotopic (exact) mass is 442 g/mol. The van der Waals surface area contributed by atoms with Gasteiger partial charge in [-0.3, -0.25) is 10.7 Å². The van der Waals surface area contributed by atoms with E-state index in [1.54, 1.807) is 10.2 Å². The van der Waals surface area contributed by atoms with Crippen LogP contribution < -0.4 is 20.7 Å². The molecular formula is C11H13BrFN7O4S. The highest BCUT2D eigenvalue weighted by molar-refractivity contribution is 9.10. The average Bonchev–Trinajstić information content (AvgIpc) is 3.11. The molecule has 0 amide bonds. The second-order valence-electron chi connectivity index (χ2n) is 4.03. The van der Waals surface area contributed by atoms with Crippen molar-refractivity contribution in [2.45, 2.75) is 0 Å². The van der Waals surface area contributed by atoms with E-state index in [4.69, 9.17) is 12.0 Å². The Morgan fingerprint density at radius 1 is 1.52 bits per heavy atom. The quantitative estimate of drug-likeness (QED) is 0.230. The zero-order chi connectivity index (χ0) is 22.8. The summed E-state index contributed by atoms with van der Waals surface area (Å²) >= 11 is 2.77. The summed E-state index contributed by atoms with van der Waals surface area (Å²) in [5.41, 5.74) is 0.695. The standard InChI is InChI=1S/C11H13BrFN7O4S/c12-7-5-6(1-2-8(7)13)17-11(18-21)9-10(20-24-19-9)15-3-4-16-25(14,22)23/h1-2,5,16,21H,3-4H2,(H,15,20)(H,17,18)(H2,14,22,23)/i1D,2D,3D,4D,5D. The number of nitrogens with zero attached hydrogens (tertiary/aromatic N) is 3. The van der Waals surface area contributed by atoms with E-state index in [0.29, 0.717) is 0 Å². The molecule has 14 heteroatoms. The van der Waals surface area contributed by atoms with Crippen molar-refractivity contribution in [3.05, 3.63) is 34.1 Å². The molecule has 0 bridgehead atoms. The first kappa shape index (κ1) is 13.1. The van der Waals surface area contributed by atoms with Crippen LogP contribution in [0.25, 0.3) is 0 Å². The Bertz CT molecular complexity index is 1060. The van der Waals surface area contributed by atoms with E-state index in [-0.39, 0.29) is 5.82 Å². The van der Waals surface area contributed by atoms with Crippen LogP contribution in [0.2, 0.25) is 0 Å². The Morgan fingerprint density at radius 2 is 2.28 bits per heavy atom. The normalized spacial score (nSPS) is 17.6. The van der Waals surface area contributed by atoms with Crippen molar-refractivity contribution in [1.82, 2.24) is 20.5 Å². The summed E-state index contributed by atoms with van der Waals surface area (Å²) in [6, 6.07) is -2.22. The fraction of sp³-hybridized carbons (Fsp3) is 0.182. The lowest BCUT2D eigenvalue weighted by atomic mass is 10.3. The van der Waals surface area contributed by atoms with Gasteiger partial charge < -0.3 is 5.32 Å². The molecule has 25 heavy (non-hydrogen) atoms. The van der Waals surface area contributed by atoms with Crippen LogP contribution in [-0.2, 0) is 10.2 Å². The van der Waals surface area contributed by atoms with Crippen LogP contribution >= 0.6 is 15.9 Å². The molecule has 1 heterocycles. The van der Waals surface area contributed by atoms with Crippen LogP contribution in [0.5, 0.6) is 0 Å². The Balaban J connectivity index is 2.43. The summed E-state index contributed by atoms with van der Waals surface area (Å²) in [4.78, 5) is 3.78. The van der Waals surface area contributed by atoms with Crippen molar-refractivity contribution in [3.63, 3.8) is 0 Å². The molecule has 0 radical (unpaired) electrons. The predicted molar refractivity (Wildman–Crippen MR) is 89.1 cm³/mol. The average molecular weight is 443 g/mol. The summed E-state index contributed by atoms with van der Waals surface area (Å²) in [5, 5.41) is 23.2. The van der Waals surface area contributed by atoms with Gasteiger partial charge in [0.15, 0.2) is 11.5 Å². The molecule has 2 unspecified atom stereocenters. The van der Waals surface area contributed by atoms with Crippen LogP contribution in [-0.4, -0.2) is 42.8 Å². The highest BCUT2D eigenvalue weighted by Gasteiger charge is 2.16. The summed E-state index contributed by atoms with van der Waals surface area (Å²) in [6.45, 7) is -3.45. The van der Waals surface area contributed by atoms with Gasteiger partial charge in [-0.2, -0.15) is 8.42 Å². The van der Waals surface area contributed by atoms with Crippen LogP contribution in [0.4, 0.5) is 15.9 Å². The number of hydroxylamine groups is 1. The van der Waals surface area contributed by atoms with Gasteiger partial charge in [0.2, 0.25) is 5.82 Å². The molecule has 6 N–H and O–H groups in total. The Hall–Kier alpha value is -2.13. The first-order chi connectivity index (χ1) is 13.9. The molecule has 1 aromatic heterocycles. The van der Waals surface area contributed by atoms with Crippen molar-refractivity contribution in [1.29, 1.82) is 0 Å². The highest BCUT2D eigenvalue weighted by atomic mass is 79.9. The van der Waals surface area contributed by atoms with Gasteiger partial charge >= 0.3 is 0 Å². The molecule has 11 nitrogen and oxygen atoms in total. The first-order valence-electron chi connectivity index (χ1n) is 8.70.